The molecule has 1 aliphatic carbocycles. The van der Waals surface area contributed by atoms with Crippen LogP contribution in [0.1, 0.15) is 50.8 Å². The van der Waals surface area contributed by atoms with E-state index in [-0.39, 0.29) is 0 Å². The zero-order valence-electron chi connectivity index (χ0n) is 11.5. The first-order valence-corrected chi connectivity index (χ1v) is 7.36. The molecule has 2 atom stereocenters. The van der Waals surface area contributed by atoms with Crippen LogP contribution in [0.3, 0.4) is 0 Å². The monoisotopic (exact) mass is 258 g/mol. The molecule has 0 saturated heterocycles. The van der Waals surface area contributed by atoms with E-state index in [1.165, 1.54) is 18.7 Å². The van der Waals surface area contributed by atoms with E-state index in [1.807, 2.05) is 12.3 Å². The molecule has 4 heteroatoms. The Bertz CT molecular complexity index is 560. The first-order chi connectivity index (χ1) is 9.29. The van der Waals surface area contributed by atoms with Gasteiger partial charge in [0.05, 0.1) is 0 Å². The van der Waals surface area contributed by atoms with Crippen LogP contribution in [-0.2, 0) is 6.54 Å². The third kappa shape index (κ3) is 2.37. The third-order valence-corrected chi connectivity index (χ3v) is 4.06. The Labute approximate surface area is 114 Å². The average Bonchev–Trinajstić information content (AvgIpc) is 2.79. The van der Waals surface area contributed by atoms with Gasteiger partial charge in [0.1, 0.15) is 11.3 Å². The second kappa shape index (κ2) is 5.29. The molecule has 2 aromatic heterocycles. The zero-order valence-corrected chi connectivity index (χ0v) is 11.5. The summed E-state index contributed by atoms with van der Waals surface area (Å²) in [4.78, 5) is 9.34. The molecule has 2 unspecified atom stereocenters. The molecule has 0 aliphatic heterocycles. The molecule has 2 aromatic rings. The maximum absolute atomic E-state index is 6.13. The lowest BCUT2D eigenvalue weighted by Gasteiger charge is -2.26. The van der Waals surface area contributed by atoms with Gasteiger partial charge in [0, 0.05) is 24.7 Å². The molecule has 1 saturated carbocycles. The lowest BCUT2D eigenvalue weighted by molar-refractivity contribution is 0.373. The Morgan fingerprint density at radius 2 is 2.32 bits per heavy atom. The molecule has 0 bridgehead atoms. The fraction of sp³-hybridized carbons (Fsp3) is 0.600. The van der Waals surface area contributed by atoms with Crippen molar-refractivity contribution in [3.05, 3.63) is 24.2 Å². The van der Waals surface area contributed by atoms with Crippen molar-refractivity contribution in [1.29, 1.82) is 0 Å². The first kappa shape index (κ1) is 12.6. The fourth-order valence-electron chi connectivity index (χ4n) is 3.19. The van der Waals surface area contributed by atoms with Crippen molar-refractivity contribution in [2.24, 2.45) is 5.73 Å². The maximum Gasteiger partial charge on any atom is 0.159 e. The number of pyridine rings is 1. The highest BCUT2D eigenvalue weighted by molar-refractivity contribution is 5.71. The first-order valence-electron chi connectivity index (χ1n) is 7.36. The molecule has 1 fully saturated rings. The van der Waals surface area contributed by atoms with E-state index in [2.05, 4.69) is 22.5 Å². The van der Waals surface area contributed by atoms with Crippen LogP contribution < -0.4 is 5.73 Å². The summed E-state index contributed by atoms with van der Waals surface area (Å²) in [7, 11) is 0. The summed E-state index contributed by atoms with van der Waals surface area (Å²) in [6.45, 7) is 3.19. The van der Waals surface area contributed by atoms with Gasteiger partial charge in [-0.2, -0.15) is 0 Å². The standard InChI is InChI=1S/C15H22N4/c1-2-9-19-14(11-5-3-6-12(16)10-11)18-13-7-4-8-17-15(13)19/h4,7-8,11-12H,2-3,5-6,9-10,16H2,1H3. The van der Waals surface area contributed by atoms with Crippen molar-refractivity contribution in [3.8, 4) is 0 Å². The number of rotatable bonds is 3. The van der Waals surface area contributed by atoms with Crippen LogP contribution in [0.15, 0.2) is 18.3 Å². The van der Waals surface area contributed by atoms with Gasteiger partial charge in [-0.1, -0.05) is 13.3 Å². The Hall–Kier alpha value is -1.42. The van der Waals surface area contributed by atoms with Crippen LogP contribution in [0.2, 0.25) is 0 Å². The zero-order chi connectivity index (χ0) is 13.2. The SMILES string of the molecule is CCCn1c(C2CCCC(N)C2)nc2cccnc21. The summed E-state index contributed by atoms with van der Waals surface area (Å²) < 4.78 is 2.30. The van der Waals surface area contributed by atoms with Crippen LogP contribution in [-0.4, -0.2) is 20.6 Å². The number of aromatic nitrogens is 3. The van der Waals surface area contributed by atoms with E-state index in [9.17, 15) is 0 Å². The summed E-state index contributed by atoms with van der Waals surface area (Å²) in [6, 6.07) is 4.35. The number of hydrogen-bond acceptors (Lipinski definition) is 3. The van der Waals surface area contributed by atoms with E-state index in [4.69, 9.17) is 10.7 Å². The number of aryl methyl sites for hydroxylation is 1. The second-order valence-electron chi connectivity index (χ2n) is 5.59. The molecule has 2 heterocycles. The minimum absolute atomic E-state index is 0.335. The highest BCUT2D eigenvalue weighted by atomic mass is 15.1. The molecule has 1 aliphatic rings. The van der Waals surface area contributed by atoms with Gasteiger partial charge in [-0.3, -0.25) is 0 Å². The van der Waals surface area contributed by atoms with E-state index in [1.54, 1.807) is 0 Å². The minimum atomic E-state index is 0.335. The van der Waals surface area contributed by atoms with E-state index in [0.717, 1.165) is 37.0 Å². The van der Waals surface area contributed by atoms with Gasteiger partial charge in [0.25, 0.3) is 0 Å². The van der Waals surface area contributed by atoms with Crippen LogP contribution in [0.25, 0.3) is 11.2 Å². The maximum atomic E-state index is 6.13. The summed E-state index contributed by atoms with van der Waals surface area (Å²) >= 11 is 0. The quantitative estimate of drug-likeness (QED) is 0.921. The van der Waals surface area contributed by atoms with Crippen LogP contribution >= 0.6 is 0 Å². The van der Waals surface area contributed by atoms with Gasteiger partial charge in [-0.05, 0) is 37.8 Å². The highest BCUT2D eigenvalue weighted by Gasteiger charge is 2.25. The summed E-state index contributed by atoms with van der Waals surface area (Å²) in [5.41, 5.74) is 8.17. The topological polar surface area (TPSA) is 56.7 Å². The smallest absolute Gasteiger partial charge is 0.159 e. The van der Waals surface area contributed by atoms with E-state index in [0.29, 0.717) is 12.0 Å². The van der Waals surface area contributed by atoms with Crippen molar-refractivity contribution in [1.82, 2.24) is 14.5 Å². The Kier molecular flexibility index (Phi) is 3.51. The molecule has 0 spiro atoms. The Morgan fingerprint density at radius 3 is 3.11 bits per heavy atom. The van der Waals surface area contributed by atoms with Crippen molar-refractivity contribution in [3.63, 3.8) is 0 Å². The van der Waals surface area contributed by atoms with Crippen LogP contribution in [0.4, 0.5) is 0 Å². The molecule has 0 radical (unpaired) electrons. The largest absolute Gasteiger partial charge is 0.328 e. The summed E-state index contributed by atoms with van der Waals surface area (Å²) in [5.74, 6) is 1.70. The predicted octanol–water partition coefficient (Wildman–Crippen LogP) is 2.83. The van der Waals surface area contributed by atoms with Gasteiger partial charge in [0.15, 0.2) is 5.65 Å². The van der Waals surface area contributed by atoms with Crippen molar-refractivity contribution in [2.45, 2.75) is 57.5 Å². The molecule has 2 N–H and O–H groups in total. The number of fused-ring (bicyclic) bond motifs is 1. The Morgan fingerprint density at radius 1 is 1.42 bits per heavy atom. The third-order valence-electron chi connectivity index (χ3n) is 4.06. The lowest BCUT2D eigenvalue weighted by atomic mass is 9.85. The minimum Gasteiger partial charge on any atom is -0.328 e. The van der Waals surface area contributed by atoms with Crippen molar-refractivity contribution < 1.29 is 0 Å². The number of hydrogen-bond donors (Lipinski definition) is 1. The van der Waals surface area contributed by atoms with Crippen LogP contribution in [0.5, 0.6) is 0 Å². The van der Waals surface area contributed by atoms with Crippen molar-refractivity contribution in [2.75, 3.05) is 0 Å². The second-order valence-corrected chi connectivity index (χ2v) is 5.59. The average molecular weight is 258 g/mol. The molecule has 4 nitrogen and oxygen atoms in total. The van der Waals surface area contributed by atoms with Gasteiger partial charge < -0.3 is 10.3 Å². The molecule has 3 rings (SSSR count). The highest BCUT2D eigenvalue weighted by Crippen LogP contribution is 2.33. The predicted molar refractivity (Wildman–Crippen MR) is 77.0 cm³/mol. The van der Waals surface area contributed by atoms with Crippen LogP contribution in [0, 0.1) is 0 Å². The summed E-state index contributed by atoms with van der Waals surface area (Å²) in [6.07, 6.45) is 7.60. The van der Waals surface area contributed by atoms with Gasteiger partial charge in [0.2, 0.25) is 0 Å². The van der Waals surface area contributed by atoms with E-state index < -0.39 is 0 Å². The fourth-order valence-corrected chi connectivity index (χ4v) is 3.19. The molecular formula is C15H22N4. The molecule has 19 heavy (non-hydrogen) atoms. The number of nitrogens with zero attached hydrogens (tertiary/aromatic N) is 3. The van der Waals surface area contributed by atoms with Crippen molar-refractivity contribution >= 4 is 11.2 Å². The van der Waals surface area contributed by atoms with Gasteiger partial charge in [-0.25, -0.2) is 9.97 Å². The van der Waals surface area contributed by atoms with Gasteiger partial charge >= 0.3 is 0 Å². The lowest BCUT2D eigenvalue weighted by Crippen LogP contribution is -2.28. The van der Waals surface area contributed by atoms with Gasteiger partial charge in [-0.15, -0.1) is 0 Å². The normalized spacial score (nSPS) is 23.9. The van der Waals surface area contributed by atoms with E-state index >= 15 is 0 Å². The molecule has 0 amide bonds. The molecule has 102 valence electrons. The molecule has 0 aromatic carbocycles. The molecular weight excluding hydrogens is 236 g/mol. The Balaban J connectivity index is 2.03. The number of imidazole rings is 1. The number of nitrogens with two attached hydrogens (primary N) is 1. The summed E-state index contributed by atoms with van der Waals surface area (Å²) in [5, 5.41) is 0.